The summed E-state index contributed by atoms with van der Waals surface area (Å²) < 4.78 is 8.07. The van der Waals surface area contributed by atoms with Crippen LogP contribution >= 0.6 is 0 Å². The molecule has 4 rings (SSSR count). The van der Waals surface area contributed by atoms with Gasteiger partial charge in [-0.1, -0.05) is 11.2 Å². The van der Waals surface area contributed by atoms with Crippen molar-refractivity contribution in [2.24, 2.45) is 4.99 Å². The molecule has 3 aromatic heterocycles. The predicted molar refractivity (Wildman–Crippen MR) is 115 cm³/mol. The molecule has 0 radical (unpaired) electrons. The van der Waals surface area contributed by atoms with Gasteiger partial charge in [-0.3, -0.25) is 18.9 Å². The summed E-state index contributed by atoms with van der Waals surface area (Å²) in [6.45, 7) is 2.50. The maximum absolute atomic E-state index is 12.9. The highest BCUT2D eigenvalue weighted by Gasteiger charge is 2.23. The molecule has 0 N–H and O–H groups in total. The van der Waals surface area contributed by atoms with E-state index >= 15 is 0 Å². The van der Waals surface area contributed by atoms with Gasteiger partial charge in [-0.25, -0.2) is 9.79 Å². The topological polar surface area (TPSA) is 108 Å². The van der Waals surface area contributed by atoms with Gasteiger partial charge in [0, 0.05) is 44.3 Å². The highest BCUT2D eigenvalue weighted by Crippen LogP contribution is 2.22. The summed E-state index contributed by atoms with van der Waals surface area (Å²) >= 11 is 0. The number of aliphatic imine (C=N–C) groups is 1. The van der Waals surface area contributed by atoms with Crippen molar-refractivity contribution in [1.82, 2.24) is 24.3 Å². The van der Waals surface area contributed by atoms with E-state index in [1.807, 2.05) is 19.1 Å². The van der Waals surface area contributed by atoms with Crippen molar-refractivity contribution in [2.45, 2.75) is 52.1 Å². The first-order valence-corrected chi connectivity index (χ1v) is 10.2. The first kappa shape index (κ1) is 20.5. The molecule has 0 fully saturated rings. The molecule has 0 saturated carbocycles. The molecule has 0 unspecified atom stereocenters. The van der Waals surface area contributed by atoms with Crippen LogP contribution in [0.15, 0.2) is 43.5 Å². The van der Waals surface area contributed by atoms with E-state index in [1.165, 1.54) is 9.13 Å². The van der Waals surface area contributed by atoms with Gasteiger partial charge in [-0.15, -0.1) is 12.3 Å². The van der Waals surface area contributed by atoms with Crippen molar-refractivity contribution in [2.75, 3.05) is 0 Å². The zero-order chi connectivity index (χ0) is 21.8. The smallest absolute Gasteiger partial charge is 0.332 e. The van der Waals surface area contributed by atoms with E-state index in [2.05, 4.69) is 26.0 Å². The number of aromatic nitrogens is 5. The molecular formula is C22H22N6O3. The normalized spacial score (nSPS) is 12.5. The fraction of sp³-hybridized carbons (Fsp3) is 0.364. The average Bonchev–Trinajstić information content (AvgIpc) is 3.40. The maximum Gasteiger partial charge on any atom is 0.332 e. The van der Waals surface area contributed by atoms with E-state index in [1.54, 1.807) is 12.3 Å². The summed E-state index contributed by atoms with van der Waals surface area (Å²) in [5, 5.41) is 3.98. The summed E-state index contributed by atoms with van der Waals surface area (Å²) in [5.41, 5.74) is 1.37. The third kappa shape index (κ3) is 4.23. The standard InChI is InChI=1S/C22H22N6O3/c1-3-4-12-27-19-16(14-15(2)24-19)21(29)28(22(27)30)13-8-6-10-18-25-20(31-26-18)17-9-5-7-11-23-17/h1,5,7,9,11H,4,6,8,10,12-14H2,2H3. The molecule has 0 aromatic carbocycles. The number of fused-ring (bicyclic) bond motifs is 1. The minimum absolute atomic E-state index is 0.269. The molecule has 0 aliphatic carbocycles. The van der Waals surface area contributed by atoms with Gasteiger partial charge in [-0.05, 0) is 31.9 Å². The number of hydrogen-bond donors (Lipinski definition) is 0. The average molecular weight is 418 g/mol. The highest BCUT2D eigenvalue weighted by molar-refractivity contribution is 5.91. The van der Waals surface area contributed by atoms with Crippen LogP contribution in [0.1, 0.15) is 37.6 Å². The number of pyridine rings is 1. The molecule has 1 aliphatic heterocycles. The van der Waals surface area contributed by atoms with Crippen molar-refractivity contribution in [3.63, 3.8) is 0 Å². The number of unbranched alkanes of at least 4 members (excludes halogenated alkanes) is 1. The Hall–Kier alpha value is -3.80. The summed E-state index contributed by atoms with van der Waals surface area (Å²) in [6, 6.07) is 5.47. The fourth-order valence-electron chi connectivity index (χ4n) is 3.58. The van der Waals surface area contributed by atoms with Gasteiger partial charge in [-0.2, -0.15) is 4.98 Å². The van der Waals surface area contributed by atoms with Gasteiger partial charge in [0.25, 0.3) is 11.4 Å². The lowest BCUT2D eigenvalue weighted by Crippen LogP contribution is -2.41. The predicted octanol–water partition coefficient (Wildman–Crippen LogP) is 2.15. The monoisotopic (exact) mass is 418 g/mol. The Morgan fingerprint density at radius 3 is 2.84 bits per heavy atom. The van der Waals surface area contributed by atoms with Crippen molar-refractivity contribution in [3.8, 4) is 23.9 Å². The lowest BCUT2D eigenvalue weighted by molar-refractivity contribution is 0.419. The molecule has 0 amide bonds. The van der Waals surface area contributed by atoms with Crippen LogP contribution in [0.2, 0.25) is 0 Å². The lowest BCUT2D eigenvalue weighted by Gasteiger charge is -2.13. The second-order valence-corrected chi connectivity index (χ2v) is 7.36. The van der Waals surface area contributed by atoms with Crippen molar-refractivity contribution in [1.29, 1.82) is 0 Å². The van der Waals surface area contributed by atoms with Gasteiger partial charge in [0.1, 0.15) is 11.5 Å². The second kappa shape index (κ2) is 8.92. The van der Waals surface area contributed by atoms with Crippen LogP contribution in [0.3, 0.4) is 0 Å². The first-order valence-electron chi connectivity index (χ1n) is 10.2. The van der Waals surface area contributed by atoms with E-state index < -0.39 is 0 Å². The Bertz CT molecular complexity index is 1280. The molecule has 4 heterocycles. The first-order chi connectivity index (χ1) is 15.1. The van der Waals surface area contributed by atoms with Gasteiger partial charge < -0.3 is 4.52 Å². The molecule has 0 bridgehead atoms. The van der Waals surface area contributed by atoms with Crippen molar-refractivity contribution < 1.29 is 4.52 Å². The largest absolute Gasteiger partial charge is 0.332 e. The molecule has 0 saturated heterocycles. The Morgan fingerprint density at radius 1 is 1.19 bits per heavy atom. The molecule has 9 nitrogen and oxygen atoms in total. The van der Waals surface area contributed by atoms with Gasteiger partial charge in [0.05, 0.1) is 5.56 Å². The molecule has 31 heavy (non-hydrogen) atoms. The van der Waals surface area contributed by atoms with E-state index in [-0.39, 0.29) is 11.2 Å². The van der Waals surface area contributed by atoms with Gasteiger partial charge >= 0.3 is 5.69 Å². The zero-order valence-electron chi connectivity index (χ0n) is 17.2. The van der Waals surface area contributed by atoms with Crippen LogP contribution in [0.4, 0.5) is 5.82 Å². The van der Waals surface area contributed by atoms with Crippen molar-refractivity contribution >= 4 is 11.5 Å². The molecule has 0 spiro atoms. The fourth-order valence-corrected chi connectivity index (χ4v) is 3.58. The van der Waals surface area contributed by atoms with Crippen molar-refractivity contribution in [3.05, 3.63) is 56.6 Å². The molecule has 158 valence electrons. The van der Waals surface area contributed by atoms with Crippen LogP contribution in [-0.2, 0) is 25.9 Å². The number of nitrogens with zero attached hydrogens (tertiary/aromatic N) is 6. The quantitative estimate of drug-likeness (QED) is 0.410. The summed E-state index contributed by atoms with van der Waals surface area (Å²) in [6.07, 6.45) is 9.78. The molecular weight excluding hydrogens is 396 g/mol. The maximum atomic E-state index is 12.9. The van der Waals surface area contributed by atoms with Crippen LogP contribution < -0.4 is 11.2 Å². The second-order valence-electron chi connectivity index (χ2n) is 7.36. The SMILES string of the molecule is C#CCCn1c2c(c(=O)n(CCCCc3noc(-c4ccccn4)n3)c1=O)CC(C)=N2. The number of rotatable bonds is 8. The highest BCUT2D eigenvalue weighted by atomic mass is 16.5. The van der Waals surface area contributed by atoms with Crippen LogP contribution in [0.25, 0.3) is 11.6 Å². The molecule has 9 heteroatoms. The van der Waals surface area contributed by atoms with E-state index in [0.29, 0.717) is 74.0 Å². The Kier molecular flexibility index (Phi) is 5.89. The number of hydrogen-bond acceptors (Lipinski definition) is 7. The molecule has 0 atom stereocenters. The number of aryl methyl sites for hydroxylation is 1. The van der Waals surface area contributed by atoms with Crippen LogP contribution in [0, 0.1) is 12.3 Å². The Balaban J connectivity index is 1.44. The minimum Gasteiger partial charge on any atom is -0.332 e. The van der Waals surface area contributed by atoms with E-state index in [9.17, 15) is 9.59 Å². The van der Waals surface area contributed by atoms with Gasteiger partial charge in [0.15, 0.2) is 5.82 Å². The number of terminal acetylenes is 1. The van der Waals surface area contributed by atoms with Gasteiger partial charge in [0.2, 0.25) is 0 Å². The Labute approximate surface area is 178 Å². The summed E-state index contributed by atoms with van der Waals surface area (Å²) in [5.74, 6) is 3.93. The Morgan fingerprint density at radius 2 is 2.06 bits per heavy atom. The molecule has 3 aromatic rings. The third-order valence-corrected chi connectivity index (χ3v) is 5.08. The van der Waals surface area contributed by atoms with Crippen LogP contribution in [0.5, 0.6) is 0 Å². The van der Waals surface area contributed by atoms with E-state index in [0.717, 1.165) is 5.71 Å². The zero-order valence-corrected chi connectivity index (χ0v) is 17.2. The summed E-state index contributed by atoms with van der Waals surface area (Å²) in [4.78, 5) is 38.7. The lowest BCUT2D eigenvalue weighted by atomic mass is 10.2. The molecule has 1 aliphatic rings. The third-order valence-electron chi connectivity index (χ3n) is 5.08. The summed E-state index contributed by atoms with van der Waals surface area (Å²) in [7, 11) is 0. The van der Waals surface area contributed by atoms with E-state index in [4.69, 9.17) is 10.9 Å². The minimum atomic E-state index is -0.366. The van der Waals surface area contributed by atoms with Crippen LogP contribution in [-0.4, -0.2) is 30.0 Å².